The number of benzene rings is 1. The number of nitrogens with zero attached hydrogens (tertiary/aromatic N) is 4. The van der Waals surface area contributed by atoms with Gasteiger partial charge in [-0.3, -0.25) is 24.7 Å². The summed E-state index contributed by atoms with van der Waals surface area (Å²) in [7, 11) is 0. The fourth-order valence-corrected chi connectivity index (χ4v) is 4.41. The fraction of sp³-hybridized carbons (Fsp3) is 0.632. The number of carbonyl (C=O) groups excluding carboxylic acids is 1. The maximum absolute atomic E-state index is 13.5. The largest absolute Gasteiger partial charge is 0.379 e. The lowest BCUT2D eigenvalue weighted by Gasteiger charge is -2.48. The van der Waals surface area contributed by atoms with E-state index in [0.717, 1.165) is 32.6 Å². The van der Waals surface area contributed by atoms with E-state index in [1.165, 1.54) is 12.1 Å². The normalized spacial score (nSPS) is 27.7. The van der Waals surface area contributed by atoms with Crippen molar-refractivity contribution in [2.75, 3.05) is 64.1 Å². The molecular weight excluding hydrogens is 364 g/mol. The van der Waals surface area contributed by atoms with Crippen LogP contribution in [0, 0.1) is 10.1 Å². The Morgan fingerprint density at radius 1 is 0.893 bits per heavy atom. The highest BCUT2D eigenvalue weighted by Gasteiger charge is 2.44. The van der Waals surface area contributed by atoms with Gasteiger partial charge < -0.3 is 14.4 Å². The smallest absolute Gasteiger partial charge is 0.269 e. The molecule has 3 aliphatic heterocycles. The molecule has 3 aliphatic rings. The van der Waals surface area contributed by atoms with Gasteiger partial charge in [-0.25, -0.2) is 0 Å². The molecule has 9 heteroatoms. The first-order chi connectivity index (χ1) is 13.6. The zero-order chi connectivity index (χ0) is 19.5. The maximum Gasteiger partial charge on any atom is 0.269 e. The lowest BCUT2D eigenvalue weighted by atomic mass is 9.93. The molecule has 1 aromatic carbocycles. The number of hydrogen-bond acceptors (Lipinski definition) is 7. The Bertz CT molecular complexity index is 701. The van der Waals surface area contributed by atoms with Crippen molar-refractivity contribution in [2.24, 2.45) is 0 Å². The van der Waals surface area contributed by atoms with Crippen molar-refractivity contribution >= 4 is 17.3 Å². The number of nitro groups is 1. The molecular formula is C19H26N4O5. The molecule has 0 aromatic heterocycles. The van der Waals surface area contributed by atoms with Crippen LogP contribution in [0.15, 0.2) is 24.3 Å². The monoisotopic (exact) mass is 390 g/mol. The van der Waals surface area contributed by atoms with Gasteiger partial charge in [0.15, 0.2) is 0 Å². The van der Waals surface area contributed by atoms with Crippen LogP contribution in [0.5, 0.6) is 0 Å². The van der Waals surface area contributed by atoms with Crippen LogP contribution in [0.25, 0.3) is 0 Å². The summed E-state index contributed by atoms with van der Waals surface area (Å²) in [6.45, 7) is 6.45. The summed E-state index contributed by atoms with van der Waals surface area (Å²) in [6.07, 6.45) is 0.866. The highest BCUT2D eigenvalue weighted by molar-refractivity contribution is 5.98. The van der Waals surface area contributed by atoms with Crippen molar-refractivity contribution in [1.82, 2.24) is 9.80 Å². The summed E-state index contributed by atoms with van der Waals surface area (Å²) >= 11 is 0. The third-order valence-corrected chi connectivity index (χ3v) is 5.86. The van der Waals surface area contributed by atoms with Crippen molar-refractivity contribution in [1.29, 1.82) is 0 Å². The number of nitro benzene ring substituents is 1. The second kappa shape index (κ2) is 8.52. The molecule has 0 aliphatic carbocycles. The van der Waals surface area contributed by atoms with E-state index < -0.39 is 4.92 Å². The summed E-state index contributed by atoms with van der Waals surface area (Å²) in [5.41, 5.74) is 0.749. The van der Waals surface area contributed by atoms with Crippen LogP contribution in [-0.2, 0) is 14.3 Å². The molecule has 0 saturated carbocycles. The van der Waals surface area contributed by atoms with Gasteiger partial charge in [0.25, 0.3) is 5.69 Å². The molecule has 2 atom stereocenters. The van der Waals surface area contributed by atoms with Crippen LogP contribution >= 0.6 is 0 Å². The zero-order valence-corrected chi connectivity index (χ0v) is 15.9. The Balaban J connectivity index is 1.58. The van der Waals surface area contributed by atoms with E-state index in [1.54, 1.807) is 17.0 Å². The topological polar surface area (TPSA) is 88.4 Å². The first kappa shape index (κ1) is 19.3. The molecule has 1 amide bonds. The molecule has 1 aromatic rings. The van der Waals surface area contributed by atoms with Crippen LogP contribution in [-0.4, -0.2) is 91.9 Å². The minimum atomic E-state index is -0.424. The number of carbonyl (C=O) groups is 1. The molecule has 152 valence electrons. The van der Waals surface area contributed by atoms with Crippen LogP contribution in [0.2, 0.25) is 0 Å². The third kappa shape index (κ3) is 3.88. The standard InChI is InChI=1S/C19H26N4O5/c24-19-18(21-9-13-28-14-10-21)17(20-7-11-27-12-8-20)5-6-22(19)15-1-3-16(4-2-15)23(25)26/h1-4,17-18H,5-14H2. The molecule has 0 bridgehead atoms. The van der Waals surface area contributed by atoms with E-state index in [2.05, 4.69) is 9.80 Å². The van der Waals surface area contributed by atoms with E-state index in [9.17, 15) is 14.9 Å². The second-order valence-electron chi connectivity index (χ2n) is 7.36. The van der Waals surface area contributed by atoms with Gasteiger partial charge in [-0.1, -0.05) is 0 Å². The minimum absolute atomic E-state index is 0.0316. The molecule has 28 heavy (non-hydrogen) atoms. The Labute approximate surface area is 163 Å². The van der Waals surface area contributed by atoms with E-state index in [0.29, 0.717) is 38.7 Å². The number of piperidine rings is 1. The lowest BCUT2D eigenvalue weighted by Crippen LogP contribution is -2.66. The van der Waals surface area contributed by atoms with Crippen molar-refractivity contribution < 1.29 is 19.2 Å². The van der Waals surface area contributed by atoms with Gasteiger partial charge in [0.05, 0.1) is 31.4 Å². The number of amides is 1. The molecule has 0 N–H and O–H groups in total. The van der Waals surface area contributed by atoms with Crippen molar-refractivity contribution in [2.45, 2.75) is 18.5 Å². The highest BCUT2D eigenvalue weighted by Crippen LogP contribution is 2.29. The average molecular weight is 390 g/mol. The van der Waals surface area contributed by atoms with E-state index >= 15 is 0 Å². The van der Waals surface area contributed by atoms with Gasteiger partial charge in [-0.2, -0.15) is 0 Å². The van der Waals surface area contributed by atoms with Gasteiger partial charge in [0.2, 0.25) is 5.91 Å². The number of hydrogen-bond donors (Lipinski definition) is 0. The SMILES string of the molecule is O=C1C(N2CCOCC2)C(N2CCOCC2)CCN1c1ccc([N+](=O)[O-])cc1. The number of rotatable bonds is 4. The number of non-ortho nitro benzene ring substituents is 1. The van der Waals surface area contributed by atoms with E-state index in [1.807, 2.05) is 0 Å². The first-order valence-corrected chi connectivity index (χ1v) is 9.84. The molecule has 0 spiro atoms. The van der Waals surface area contributed by atoms with Crippen LogP contribution in [0.3, 0.4) is 0 Å². The molecule has 9 nitrogen and oxygen atoms in total. The van der Waals surface area contributed by atoms with Crippen molar-refractivity contribution in [3.05, 3.63) is 34.4 Å². The summed E-state index contributed by atoms with van der Waals surface area (Å²) in [5.74, 6) is 0.0681. The number of ether oxygens (including phenoxy) is 2. The first-order valence-electron chi connectivity index (χ1n) is 9.84. The lowest BCUT2D eigenvalue weighted by molar-refractivity contribution is -0.384. The van der Waals surface area contributed by atoms with Gasteiger partial charge >= 0.3 is 0 Å². The molecule has 3 fully saturated rings. The molecule has 3 heterocycles. The quantitative estimate of drug-likeness (QED) is 0.553. The zero-order valence-electron chi connectivity index (χ0n) is 15.9. The summed E-state index contributed by atoms with van der Waals surface area (Å²) < 4.78 is 11.0. The predicted molar refractivity (Wildman–Crippen MR) is 102 cm³/mol. The second-order valence-corrected chi connectivity index (χ2v) is 7.36. The van der Waals surface area contributed by atoms with Gasteiger partial charge in [-0.15, -0.1) is 0 Å². The highest BCUT2D eigenvalue weighted by atomic mass is 16.6. The summed E-state index contributed by atoms with van der Waals surface area (Å²) in [5, 5.41) is 10.9. The molecule has 3 saturated heterocycles. The van der Waals surface area contributed by atoms with Gasteiger partial charge in [0, 0.05) is 56.6 Å². The molecule has 2 unspecified atom stereocenters. The van der Waals surface area contributed by atoms with E-state index in [-0.39, 0.29) is 23.7 Å². The number of anilines is 1. The van der Waals surface area contributed by atoms with Gasteiger partial charge in [0.1, 0.15) is 6.04 Å². The fourth-order valence-electron chi connectivity index (χ4n) is 4.41. The van der Waals surface area contributed by atoms with E-state index in [4.69, 9.17) is 9.47 Å². The molecule has 4 rings (SSSR count). The third-order valence-electron chi connectivity index (χ3n) is 5.86. The van der Waals surface area contributed by atoms with Crippen molar-refractivity contribution in [3.8, 4) is 0 Å². The van der Waals surface area contributed by atoms with Gasteiger partial charge in [-0.05, 0) is 18.6 Å². The Hall–Kier alpha value is -2.07. The summed E-state index contributed by atoms with van der Waals surface area (Å²) in [6, 6.07) is 6.18. The van der Waals surface area contributed by atoms with Crippen LogP contribution < -0.4 is 4.90 Å². The Morgan fingerprint density at radius 3 is 2.04 bits per heavy atom. The number of morpholine rings is 2. The van der Waals surface area contributed by atoms with Crippen LogP contribution in [0.1, 0.15) is 6.42 Å². The maximum atomic E-state index is 13.5. The Morgan fingerprint density at radius 2 is 1.46 bits per heavy atom. The van der Waals surface area contributed by atoms with Crippen LogP contribution in [0.4, 0.5) is 11.4 Å². The minimum Gasteiger partial charge on any atom is -0.379 e. The average Bonchev–Trinajstić information content (AvgIpc) is 2.75. The molecule has 0 radical (unpaired) electrons. The van der Waals surface area contributed by atoms with Crippen molar-refractivity contribution in [3.63, 3.8) is 0 Å². The Kier molecular flexibility index (Phi) is 5.86. The predicted octanol–water partition coefficient (Wildman–Crippen LogP) is 0.733. The summed E-state index contributed by atoms with van der Waals surface area (Å²) in [4.78, 5) is 30.4.